The summed E-state index contributed by atoms with van der Waals surface area (Å²) < 4.78 is 6.20. The summed E-state index contributed by atoms with van der Waals surface area (Å²) in [6.07, 6.45) is 0. The predicted octanol–water partition coefficient (Wildman–Crippen LogP) is 3.24. The maximum Gasteiger partial charge on any atom is 0.258 e. The highest BCUT2D eigenvalue weighted by molar-refractivity contribution is 9.10. The Morgan fingerprint density at radius 1 is 1.00 bits per heavy atom. The highest BCUT2D eigenvalue weighted by atomic mass is 79.9. The summed E-state index contributed by atoms with van der Waals surface area (Å²) in [6.45, 7) is -0.300. The van der Waals surface area contributed by atoms with Gasteiger partial charge in [-0.3, -0.25) is 9.59 Å². The molecule has 0 spiro atoms. The molecule has 2 amide bonds. The van der Waals surface area contributed by atoms with Crippen molar-refractivity contribution in [2.75, 3.05) is 18.5 Å². The van der Waals surface area contributed by atoms with E-state index in [1.54, 1.807) is 36.4 Å². The van der Waals surface area contributed by atoms with Crippen molar-refractivity contribution < 1.29 is 14.3 Å². The Kier molecular flexibility index (Phi) is 6.43. The topological polar surface area (TPSA) is 67.4 Å². The van der Waals surface area contributed by atoms with Crippen LogP contribution in [-0.2, 0) is 9.59 Å². The summed E-state index contributed by atoms with van der Waals surface area (Å²) >= 11 is 9.06. The summed E-state index contributed by atoms with van der Waals surface area (Å²) in [5.41, 5.74) is 0.657. The number of hydrogen-bond donors (Lipinski definition) is 2. The van der Waals surface area contributed by atoms with Crippen LogP contribution in [-0.4, -0.2) is 25.0 Å². The van der Waals surface area contributed by atoms with Gasteiger partial charge in [-0.15, -0.1) is 0 Å². The Balaban J connectivity index is 1.70. The average Bonchev–Trinajstić information content (AvgIpc) is 2.54. The lowest BCUT2D eigenvalue weighted by molar-refractivity contribution is -0.125. The summed E-state index contributed by atoms with van der Waals surface area (Å²) in [4.78, 5) is 23.4. The van der Waals surface area contributed by atoms with E-state index in [0.717, 1.165) is 4.47 Å². The van der Waals surface area contributed by atoms with Crippen molar-refractivity contribution in [2.45, 2.75) is 0 Å². The van der Waals surface area contributed by atoms with Crippen LogP contribution in [0.4, 0.5) is 5.69 Å². The van der Waals surface area contributed by atoms with Crippen LogP contribution in [0.2, 0.25) is 5.02 Å². The van der Waals surface area contributed by atoms with E-state index in [-0.39, 0.29) is 25.0 Å². The van der Waals surface area contributed by atoms with Gasteiger partial charge < -0.3 is 15.4 Å². The molecule has 0 bridgehead atoms. The molecule has 0 fully saturated rings. The van der Waals surface area contributed by atoms with Gasteiger partial charge in [-0.1, -0.05) is 27.5 Å². The van der Waals surface area contributed by atoms with Crippen molar-refractivity contribution in [3.63, 3.8) is 0 Å². The maximum absolute atomic E-state index is 11.7. The monoisotopic (exact) mass is 396 g/mol. The Morgan fingerprint density at radius 3 is 2.30 bits per heavy atom. The van der Waals surface area contributed by atoms with Crippen LogP contribution < -0.4 is 15.4 Å². The molecule has 0 saturated heterocycles. The molecular formula is C16H14BrClN2O3. The van der Waals surface area contributed by atoms with E-state index in [1.165, 1.54) is 0 Å². The zero-order valence-electron chi connectivity index (χ0n) is 12.0. The Morgan fingerprint density at radius 2 is 1.65 bits per heavy atom. The molecule has 0 aliphatic carbocycles. The standard InChI is InChI=1S/C16H14BrClN2O3/c17-11-1-5-13(6-2-11)20-15(21)9-19-16(22)10-23-14-7-3-12(18)4-8-14/h1-8H,9-10H2,(H,19,22)(H,20,21). The van der Waals surface area contributed by atoms with Crippen LogP contribution in [0.15, 0.2) is 53.0 Å². The Bertz CT molecular complexity index is 675. The lowest BCUT2D eigenvalue weighted by Crippen LogP contribution is -2.35. The number of carbonyl (C=O) groups is 2. The van der Waals surface area contributed by atoms with Gasteiger partial charge in [0, 0.05) is 15.2 Å². The fourth-order valence-corrected chi connectivity index (χ4v) is 2.04. The van der Waals surface area contributed by atoms with E-state index < -0.39 is 0 Å². The second-order valence-electron chi connectivity index (χ2n) is 4.57. The molecule has 120 valence electrons. The number of ether oxygens (including phenoxy) is 1. The Hall–Kier alpha value is -2.05. The Labute approximate surface area is 147 Å². The molecule has 2 rings (SSSR count). The van der Waals surface area contributed by atoms with Gasteiger partial charge in [0.25, 0.3) is 5.91 Å². The van der Waals surface area contributed by atoms with E-state index in [1.807, 2.05) is 12.1 Å². The van der Waals surface area contributed by atoms with Gasteiger partial charge in [0.2, 0.25) is 5.91 Å². The first-order chi connectivity index (χ1) is 11.0. The minimum atomic E-state index is -0.383. The molecule has 2 aromatic carbocycles. The lowest BCUT2D eigenvalue weighted by atomic mass is 10.3. The molecule has 0 atom stereocenters. The highest BCUT2D eigenvalue weighted by Crippen LogP contribution is 2.15. The second-order valence-corrected chi connectivity index (χ2v) is 5.93. The third-order valence-electron chi connectivity index (χ3n) is 2.76. The normalized spacial score (nSPS) is 10.0. The number of carbonyl (C=O) groups excluding carboxylic acids is 2. The summed E-state index contributed by atoms with van der Waals surface area (Å²) in [5.74, 6) is -0.165. The molecule has 23 heavy (non-hydrogen) atoms. The summed E-state index contributed by atoms with van der Waals surface area (Å²) in [7, 11) is 0. The van der Waals surface area contributed by atoms with Crippen LogP contribution in [0.5, 0.6) is 5.75 Å². The highest BCUT2D eigenvalue weighted by Gasteiger charge is 2.07. The molecule has 0 heterocycles. The van der Waals surface area contributed by atoms with Crippen LogP contribution in [0, 0.1) is 0 Å². The molecule has 0 aliphatic rings. The smallest absolute Gasteiger partial charge is 0.258 e. The molecule has 0 saturated carbocycles. The van der Waals surface area contributed by atoms with Gasteiger partial charge in [0.1, 0.15) is 5.75 Å². The minimum absolute atomic E-state index is 0.126. The lowest BCUT2D eigenvalue weighted by Gasteiger charge is -2.08. The quantitative estimate of drug-likeness (QED) is 0.786. The van der Waals surface area contributed by atoms with E-state index >= 15 is 0 Å². The molecule has 2 N–H and O–H groups in total. The van der Waals surface area contributed by atoms with Crippen molar-refractivity contribution in [2.24, 2.45) is 0 Å². The van der Waals surface area contributed by atoms with Crippen LogP contribution >= 0.6 is 27.5 Å². The maximum atomic E-state index is 11.7. The van der Waals surface area contributed by atoms with Crippen LogP contribution in [0.1, 0.15) is 0 Å². The molecule has 0 aliphatic heterocycles. The van der Waals surface area contributed by atoms with Gasteiger partial charge in [-0.05, 0) is 48.5 Å². The molecule has 7 heteroatoms. The number of amides is 2. The number of anilines is 1. The zero-order valence-corrected chi connectivity index (χ0v) is 14.4. The fourth-order valence-electron chi connectivity index (χ4n) is 1.65. The van der Waals surface area contributed by atoms with Crippen molar-refractivity contribution in [1.82, 2.24) is 5.32 Å². The van der Waals surface area contributed by atoms with Crippen LogP contribution in [0.25, 0.3) is 0 Å². The first-order valence-electron chi connectivity index (χ1n) is 6.73. The largest absolute Gasteiger partial charge is 0.484 e. The number of rotatable bonds is 6. The number of nitrogens with one attached hydrogen (secondary N) is 2. The molecule has 0 aromatic heterocycles. The van der Waals surface area contributed by atoms with Gasteiger partial charge in [-0.25, -0.2) is 0 Å². The van der Waals surface area contributed by atoms with Crippen molar-refractivity contribution in [3.05, 3.63) is 58.0 Å². The van der Waals surface area contributed by atoms with Crippen LogP contribution in [0.3, 0.4) is 0 Å². The average molecular weight is 398 g/mol. The van der Waals surface area contributed by atoms with Crippen molar-refractivity contribution in [1.29, 1.82) is 0 Å². The third-order valence-corrected chi connectivity index (χ3v) is 3.54. The van der Waals surface area contributed by atoms with Gasteiger partial charge in [-0.2, -0.15) is 0 Å². The summed E-state index contributed by atoms with van der Waals surface area (Å²) in [6, 6.07) is 13.8. The first-order valence-corrected chi connectivity index (χ1v) is 7.90. The number of hydrogen-bond acceptors (Lipinski definition) is 3. The number of halogens is 2. The first kappa shape index (κ1) is 17.3. The predicted molar refractivity (Wildman–Crippen MR) is 92.7 cm³/mol. The summed E-state index contributed by atoms with van der Waals surface area (Å²) in [5, 5.41) is 5.75. The molecule has 5 nitrogen and oxygen atoms in total. The zero-order chi connectivity index (χ0) is 16.7. The van der Waals surface area contributed by atoms with Gasteiger partial charge in [0.05, 0.1) is 6.54 Å². The fraction of sp³-hybridized carbons (Fsp3) is 0.125. The van der Waals surface area contributed by atoms with Gasteiger partial charge in [0.15, 0.2) is 6.61 Å². The van der Waals surface area contributed by atoms with E-state index in [4.69, 9.17) is 16.3 Å². The SMILES string of the molecule is O=C(COc1ccc(Cl)cc1)NCC(=O)Nc1ccc(Br)cc1. The van der Waals surface area contributed by atoms with Crippen molar-refractivity contribution in [3.8, 4) is 5.75 Å². The molecular weight excluding hydrogens is 384 g/mol. The molecule has 0 unspecified atom stereocenters. The third kappa shape index (κ3) is 6.30. The molecule has 0 radical (unpaired) electrons. The second kappa shape index (κ2) is 8.55. The minimum Gasteiger partial charge on any atom is -0.484 e. The van der Waals surface area contributed by atoms with Gasteiger partial charge >= 0.3 is 0 Å². The van der Waals surface area contributed by atoms with Crippen molar-refractivity contribution >= 4 is 45.0 Å². The van der Waals surface area contributed by atoms with E-state index in [2.05, 4.69) is 26.6 Å². The van der Waals surface area contributed by atoms with E-state index in [9.17, 15) is 9.59 Å². The number of benzene rings is 2. The van der Waals surface area contributed by atoms with E-state index in [0.29, 0.717) is 16.5 Å². The molecule has 2 aromatic rings.